The molecule has 23 heavy (non-hydrogen) atoms. The van der Waals surface area contributed by atoms with Crippen LogP contribution in [0.25, 0.3) is 0 Å². The van der Waals surface area contributed by atoms with E-state index in [4.69, 9.17) is 21.1 Å². The number of halogens is 2. The number of alkyl halides is 1. The van der Waals surface area contributed by atoms with Crippen LogP contribution in [0.4, 0.5) is 20.7 Å². The van der Waals surface area contributed by atoms with Crippen LogP contribution in [0.3, 0.4) is 0 Å². The predicted octanol–water partition coefficient (Wildman–Crippen LogP) is 3.26. The summed E-state index contributed by atoms with van der Waals surface area (Å²) in [6.07, 6.45) is -0.776. The third-order valence-electron chi connectivity index (χ3n) is 3.30. The van der Waals surface area contributed by atoms with Crippen molar-refractivity contribution >= 4 is 29.2 Å². The molecule has 0 aliphatic carbocycles. The first kappa shape index (κ1) is 17.7. The molecule has 0 unspecified atom stereocenters. The van der Waals surface area contributed by atoms with Crippen molar-refractivity contribution in [2.24, 2.45) is 0 Å². The molecule has 1 saturated heterocycles. The van der Waals surface area contributed by atoms with Gasteiger partial charge >= 0.3 is 6.09 Å². The van der Waals surface area contributed by atoms with Crippen LogP contribution in [0.2, 0.25) is 5.02 Å². The van der Waals surface area contributed by atoms with E-state index in [1.165, 1.54) is 13.3 Å². The van der Waals surface area contributed by atoms with Crippen molar-refractivity contribution in [2.75, 3.05) is 30.4 Å². The van der Waals surface area contributed by atoms with Crippen molar-refractivity contribution in [1.82, 2.24) is 4.98 Å². The van der Waals surface area contributed by atoms with Gasteiger partial charge in [0.1, 0.15) is 23.7 Å². The largest absolute Gasteiger partial charge is 0.444 e. The summed E-state index contributed by atoms with van der Waals surface area (Å²) in [5, 5.41) is 2.86. The lowest BCUT2D eigenvalue weighted by atomic mass is 10.2. The zero-order chi connectivity index (χ0) is 17.2. The topological polar surface area (TPSA) is 63.7 Å². The SMILES string of the molecule is CO[C@H]1CN(c2cc(NC(=O)OC(C)(C)C)c(Cl)cn2)C[C@H]1F. The summed E-state index contributed by atoms with van der Waals surface area (Å²) in [4.78, 5) is 17.8. The van der Waals surface area contributed by atoms with Crippen LogP contribution in [0.1, 0.15) is 20.8 Å². The standard InChI is InChI=1S/C15H21ClFN3O3/c1-15(2,3)23-14(21)19-11-5-13(18-6-9(11)16)20-7-10(17)12(8-20)22-4/h5-6,10,12H,7-8H2,1-4H3,(H,18,19,21)/t10-,12+/m1/s1. The smallest absolute Gasteiger partial charge is 0.412 e. The molecule has 6 nitrogen and oxygen atoms in total. The molecule has 1 amide bonds. The number of nitrogens with one attached hydrogen (secondary N) is 1. The van der Waals surface area contributed by atoms with E-state index in [1.807, 2.05) is 0 Å². The second-order valence-electron chi connectivity index (χ2n) is 6.34. The third kappa shape index (κ3) is 4.68. The summed E-state index contributed by atoms with van der Waals surface area (Å²) in [6, 6.07) is 1.59. The Morgan fingerprint density at radius 1 is 1.48 bits per heavy atom. The first-order valence-electron chi connectivity index (χ1n) is 7.27. The third-order valence-corrected chi connectivity index (χ3v) is 3.60. The van der Waals surface area contributed by atoms with Crippen molar-refractivity contribution in [3.05, 3.63) is 17.3 Å². The number of methoxy groups -OCH3 is 1. The molecule has 2 atom stereocenters. The second kappa shape index (κ2) is 6.88. The highest BCUT2D eigenvalue weighted by Crippen LogP contribution is 2.28. The zero-order valence-corrected chi connectivity index (χ0v) is 14.4. The number of rotatable bonds is 3. The molecule has 1 N–H and O–H groups in total. The van der Waals surface area contributed by atoms with Gasteiger partial charge in [0.2, 0.25) is 0 Å². The van der Waals surface area contributed by atoms with Crippen molar-refractivity contribution in [3.8, 4) is 0 Å². The summed E-state index contributed by atoms with van der Waals surface area (Å²) in [5.74, 6) is 0.516. The molecule has 2 heterocycles. The number of pyridine rings is 1. The highest BCUT2D eigenvalue weighted by Gasteiger charge is 2.33. The van der Waals surface area contributed by atoms with Crippen LogP contribution in [0.15, 0.2) is 12.3 Å². The summed E-state index contributed by atoms with van der Waals surface area (Å²) in [5.41, 5.74) is -0.253. The molecule has 0 bridgehead atoms. The zero-order valence-electron chi connectivity index (χ0n) is 13.6. The van der Waals surface area contributed by atoms with Crippen molar-refractivity contribution in [1.29, 1.82) is 0 Å². The Bertz CT molecular complexity index is 580. The van der Waals surface area contributed by atoms with Gasteiger partial charge in [0.05, 0.1) is 23.5 Å². The monoisotopic (exact) mass is 345 g/mol. The fraction of sp³-hybridized carbons (Fsp3) is 0.600. The molecule has 1 aromatic heterocycles. The predicted molar refractivity (Wildman–Crippen MR) is 87.0 cm³/mol. The number of hydrogen-bond acceptors (Lipinski definition) is 5. The summed E-state index contributed by atoms with van der Waals surface area (Å²) >= 11 is 6.05. The Hall–Kier alpha value is -1.60. The normalized spacial score (nSPS) is 21.4. The molecule has 1 fully saturated rings. The van der Waals surface area contributed by atoms with Crippen LogP contribution in [-0.4, -0.2) is 49.2 Å². The highest BCUT2D eigenvalue weighted by atomic mass is 35.5. The average molecular weight is 346 g/mol. The molecule has 0 aromatic carbocycles. The van der Waals surface area contributed by atoms with Gasteiger partial charge in [-0.05, 0) is 20.8 Å². The minimum absolute atomic E-state index is 0.180. The molecule has 0 saturated carbocycles. The molecule has 0 radical (unpaired) electrons. The molecule has 1 aliphatic heterocycles. The lowest BCUT2D eigenvalue weighted by molar-refractivity contribution is 0.0636. The van der Waals surface area contributed by atoms with Gasteiger partial charge in [0, 0.05) is 19.7 Å². The number of ether oxygens (including phenoxy) is 2. The molecule has 1 aliphatic rings. The first-order chi connectivity index (χ1) is 10.7. The van der Waals surface area contributed by atoms with Crippen LogP contribution < -0.4 is 10.2 Å². The number of carbonyl (C=O) groups is 1. The number of nitrogens with zero attached hydrogens (tertiary/aromatic N) is 2. The van der Waals surface area contributed by atoms with E-state index in [1.54, 1.807) is 31.7 Å². The molecule has 2 rings (SSSR count). The Morgan fingerprint density at radius 3 is 2.74 bits per heavy atom. The molecular weight excluding hydrogens is 325 g/mol. The van der Waals surface area contributed by atoms with Crippen molar-refractivity contribution in [2.45, 2.75) is 38.6 Å². The fourth-order valence-corrected chi connectivity index (χ4v) is 2.40. The van der Waals surface area contributed by atoms with E-state index in [2.05, 4.69) is 10.3 Å². The van der Waals surface area contributed by atoms with Crippen LogP contribution >= 0.6 is 11.6 Å². The molecule has 8 heteroatoms. The van der Waals surface area contributed by atoms with Gasteiger partial charge in [-0.2, -0.15) is 0 Å². The molecular formula is C15H21ClFN3O3. The van der Waals surface area contributed by atoms with E-state index in [-0.39, 0.29) is 11.6 Å². The Balaban J connectivity index is 2.12. The molecule has 0 spiro atoms. The molecule has 128 valence electrons. The van der Waals surface area contributed by atoms with E-state index in [9.17, 15) is 9.18 Å². The maximum absolute atomic E-state index is 13.8. The number of amides is 1. The highest BCUT2D eigenvalue weighted by molar-refractivity contribution is 6.33. The summed E-state index contributed by atoms with van der Waals surface area (Å²) < 4.78 is 24.1. The lowest BCUT2D eigenvalue weighted by Crippen LogP contribution is -2.27. The van der Waals surface area contributed by atoms with Crippen LogP contribution in [0, 0.1) is 0 Å². The van der Waals surface area contributed by atoms with E-state index >= 15 is 0 Å². The van der Waals surface area contributed by atoms with Crippen LogP contribution in [0.5, 0.6) is 0 Å². The number of aromatic nitrogens is 1. The first-order valence-corrected chi connectivity index (χ1v) is 7.65. The van der Waals surface area contributed by atoms with E-state index < -0.39 is 24.0 Å². The van der Waals surface area contributed by atoms with E-state index in [0.717, 1.165) is 0 Å². The van der Waals surface area contributed by atoms with Gasteiger partial charge in [-0.25, -0.2) is 14.2 Å². The maximum Gasteiger partial charge on any atom is 0.412 e. The van der Waals surface area contributed by atoms with Crippen LogP contribution in [-0.2, 0) is 9.47 Å². The van der Waals surface area contributed by atoms with Gasteiger partial charge in [-0.1, -0.05) is 11.6 Å². The number of hydrogen-bond donors (Lipinski definition) is 1. The summed E-state index contributed by atoms with van der Waals surface area (Å²) in [6.45, 7) is 5.87. The minimum atomic E-state index is -1.08. The maximum atomic E-state index is 13.8. The van der Waals surface area contributed by atoms with Gasteiger partial charge in [-0.15, -0.1) is 0 Å². The molecule has 1 aromatic rings. The van der Waals surface area contributed by atoms with Gasteiger partial charge in [-0.3, -0.25) is 5.32 Å². The lowest BCUT2D eigenvalue weighted by Gasteiger charge is -2.21. The average Bonchev–Trinajstić information content (AvgIpc) is 2.80. The number of carbonyl (C=O) groups excluding carboxylic acids is 1. The second-order valence-corrected chi connectivity index (χ2v) is 6.75. The minimum Gasteiger partial charge on any atom is -0.444 e. The quantitative estimate of drug-likeness (QED) is 0.911. The van der Waals surface area contributed by atoms with E-state index in [0.29, 0.717) is 18.1 Å². The Morgan fingerprint density at radius 2 is 2.17 bits per heavy atom. The van der Waals surface area contributed by atoms with Gasteiger partial charge in [0.15, 0.2) is 0 Å². The number of anilines is 2. The van der Waals surface area contributed by atoms with Crippen molar-refractivity contribution < 1.29 is 18.7 Å². The fourth-order valence-electron chi connectivity index (χ4n) is 2.25. The van der Waals surface area contributed by atoms with Gasteiger partial charge in [0.25, 0.3) is 0 Å². The Labute approximate surface area is 139 Å². The van der Waals surface area contributed by atoms with Crippen molar-refractivity contribution in [3.63, 3.8) is 0 Å². The summed E-state index contributed by atoms with van der Waals surface area (Å²) in [7, 11) is 1.48. The van der Waals surface area contributed by atoms with Gasteiger partial charge < -0.3 is 14.4 Å². The Kier molecular flexibility index (Phi) is 5.31.